The van der Waals surface area contributed by atoms with Gasteiger partial charge < -0.3 is 4.74 Å². The molecule has 0 radical (unpaired) electrons. The Hall–Kier alpha value is -1.91. The molecule has 0 bridgehead atoms. The van der Waals surface area contributed by atoms with Crippen LogP contribution in [0.3, 0.4) is 0 Å². The Morgan fingerprint density at radius 3 is 2.60 bits per heavy atom. The van der Waals surface area contributed by atoms with E-state index in [1.54, 1.807) is 11.1 Å². The summed E-state index contributed by atoms with van der Waals surface area (Å²) in [6.07, 6.45) is 11.9. The predicted molar refractivity (Wildman–Crippen MR) is 142 cm³/mol. The van der Waals surface area contributed by atoms with Gasteiger partial charge in [-0.25, -0.2) is 9.78 Å². The Balaban J connectivity index is 1.39. The second-order valence-electron chi connectivity index (χ2n) is 11.7. The Bertz CT molecular complexity index is 888. The largest absolute Gasteiger partial charge is 0.461 e. The van der Waals surface area contributed by atoms with Crippen LogP contribution in [0, 0.1) is 11.3 Å². The van der Waals surface area contributed by atoms with Gasteiger partial charge in [0.25, 0.3) is 0 Å². The number of rotatable bonds is 10. The van der Waals surface area contributed by atoms with Gasteiger partial charge in [0.1, 0.15) is 18.3 Å². The molecule has 1 aromatic carbocycles. The quantitative estimate of drug-likeness (QED) is 0.191. The summed E-state index contributed by atoms with van der Waals surface area (Å²) in [7, 11) is 0. The molecule has 4 nitrogen and oxygen atoms in total. The third-order valence-electron chi connectivity index (χ3n) is 8.10. The SMILES string of the molecule is CC(=CCCC1(C)CCC(C(C)C(=O)OCc2ccccc2)OO1)CCC1=C(C)CCCC1(C)C. The molecule has 194 valence electrons. The fourth-order valence-electron chi connectivity index (χ4n) is 5.50. The van der Waals surface area contributed by atoms with E-state index in [0.29, 0.717) is 5.41 Å². The molecule has 4 heteroatoms. The van der Waals surface area contributed by atoms with Crippen LogP contribution in [0.5, 0.6) is 0 Å². The molecular weight excluding hydrogens is 436 g/mol. The van der Waals surface area contributed by atoms with Crippen molar-refractivity contribution in [1.82, 2.24) is 0 Å². The molecule has 0 amide bonds. The predicted octanol–water partition coefficient (Wildman–Crippen LogP) is 8.27. The van der Waals surface area contributed by atoms with Crippen LogP contribution in [0.15, 0.2) is 53.1 Å². The van der Waals surface area contributed by atoms with Crippen LogP contribution in [0.25, 0.3) is 0 Å². The minimum Gasteiger partial charge on any atom is -0.461 e. The van der Waals surface area contributed by atoms with Gasteiger partial charge in [-0.3, -0.25) is 4.79 Å². The van der Waals surface area contributed by atoms with E-state index >= 15 is 0 Å². The molecular formula is C31H46O4. The highest BCUT2D eigenvalue weighted by molar-refractivity contribution is 5.72. The molecule has 0 N–H and O–H groups in total. The molecule has 1 aliphatic carbocycles. The van der Waals surface area contributed by atoms with Crippen LogP contribution in [0.2, 0.25) is 0 Å². The molecule has 3 rings (SSSR count). The third-order valence-corrected chi connectivity index (χ3v) is 8.10. The molecule has 0 spiro atoms. The topological polar surface area (TPSA) is 44.8 Å². The molecule has 1 aromatic rings. The summed E-state index contributed by atoms with van der Waals surface area (Å²) in [5.41, 5.74) is 5.77. The first-order chi connectivity index (χ1) is 16.6. The standard InChI is InChI=1S/C31H46O4/c1-23(16-17-27-24(2)13-11-19-30(27,4)5)12-10-20-31(6)21-18-28(34-35-31)25(3)29(32)33-22-26-14-8-7-9-15-26/h7-9,12,14-15,25,28H,10-11,13,16-22H2,1-6H3. The number of benzene rings is 1. The monoisotopic (exact) mass is 482 g/mol. The van der Waals surface area contributed by atoms with Gasteiger partial charge in [-0.05, 0) is 96.5 Å². The first-order valence-electron chi connectivity index (χ1n) is 13.5. The first kappa shape index (κ1) is 27.7. The second-order valence-corrected chi connectivity index (χ2v) is 11.7. The lowest BCUT2D eigenvalue weighted by Crippen LogP contribution is -2.41. The minimum atomic E-state index is -0.354. The van der Waals surface area contributed by atoms with Gasteiger partial charge in [-0.1, -0.05) is 67.0 Å². The fraction of sp³-hybridized carbons (Fsp3) is 0.645. The average molecular weight is 483 g/mol. The maximum Gasteiger partial charge on any atom is 0.311 e. The maximum absolute atomic E-state index is 12.5. The van der Waals surface area contributed by atoms with Gasteiger partial charge in [0.15, 0.2) is 0 Å². The number of allylic oxidation sites excluding steroid dienone is 4. The normalized spacial score (nSPS) is 25.9. The van der Waals surface area contributed by atoms with Crippen molar-refractivity contribution in [2.24, 2.45) is 11.3 Å². The van der Waals surface area contributed by atoms with E-state index in [1.165, 1.54) is 31.3 Å². The molecule has 1 saturated heterocycles. The lowest BCUT2D eigenvalue weighted by molar-refractivity contribution is -0.411. The minimum absolute atomic E-state index is 0.240. The molecule has 3 unspecified atom stereocenters. The van der Waals surface area contributed by atoms with E-state index in [4.69, 9.17) is 14.5 Å². The number of hydrogen-bond acceptors (Lipinski definition) is 4. The Kier molecular flexibility index (Phi) is 9.77. The van der Waals surface area contributed by atoms with Crippen LogP contribution >= 0.6 is 0 Å². The van der Waals surface area contributed by atoms with E-state index in [1.807, 2.05) is 37.3 Å². The summed E-state index contributed by atoms with van der Waals surface area (Å²) >= 11 is 0. The Morgan fingerprint density at radius 2 is 1.94 bits per heavy atom. The third kappa shape index (κ3) is 8.05. The lowest BCUT2D eigenvalue weighted by atomic mass is 9.71. The molecule has 1 aliphatic heterocycles. The number of ether oxygens (including phenoxy) is 1. The smallest absolute Gasteiger partial charge is 0.311 e. The zero-order chi connectivity index (χ0) is 25.5. The van der Waals surface area contributed by atoms with E-state index in [-0.39, 0.29) is 30.2 Å². The Labute approximate surface area is 213 Å². The van der Waals surface area contributed by atoms with Gasteiger partial charge in [-0.2, -0.15) is 0 Å². The highest BCUT2D eigenvalue weighted by atomic mass is 17.2. The van der Waals surface area contributed by atoms with Crippen molar-refractivity contribution in [1.29, 1.82) is 0 Å². The molecule has 0 aromatic heterocycles. The van der Waals surface area contributed by atoms with E-state index in [2.05, 4.69) is 40.7 Å². The molecule has 1 heterocycles. The molecule has 3 atom stereocenters. The highest BCUT2D eigenvalue weighted by Gasteiger charge is 2.38. The van der Waals surface area contributed by atoms with Crippen LogP contribution in [0.1, 0.15) is 105 Å². The summed E-state index contributed by atoms with van der Waals surface area (Å²) in [5, 5.41) is 0. The summed E-state index contributed by atoms with van der Waals surface area (Å²) in [6.45, 7) is 13.7. The summed E-state index contributed by atoms with van der Waals surface area (Å²) in [6, 6.07) is 9.74. The number of carbonyl (C=O) groups is 1. The first-order valence-corrected chi connectivity index (χ1v) is 13.5. The number of hydrogen-bond donors (Lipinski definition) is 0. The number of esters is 1. The Morgan fingerprint density at radius 1 is 1.20 bits per heavy atom. The zero-order valence-corrected chi connectivity index (χ0v) is 22.8. The van der Waals surface area contributed by atoms with Crippen LogP contribution in [-0.4, -0.2) is 17.7 Å². The maximum atomic E-state index is 12.5. The van der Waals surface area contributed by atoms with Crippen molar-refractivity contribution in [3.63, 3.8) is 0 Å². The molecule has 2 aliphatic rings. The highest BCUT2D eigenvalue weighted by Crippen LogP contribution is 2.42. The van der Waals surface area contributed by atoms with Gasteiger partial charge in [0.05, 0.1) is 5.92 Å². The van der Waals surface area contributed by atoms with Gasteiger partial charge in [0, 0.05) is 0 Å². The summed E-state index contributed by atoms with van der Waals surface area (Å²) in [4.78, 5) is 24.1. The molecule has 1 fully saturated rings. The van der Waals surface area contributed by atoms with Crippen LogP contribution < -0.4 is 0 Å². The summed E-state index contributed by atoms with van der Waals surface area (Å²) in [5.74, 6) is -0.594. The van der Waals surface area contributed by atoms with E-state index in [0.717, 1.165) is 37.7 Å². The fourth-order valence-corrected chi connectivity index (χ4v) is 5.50. The van der Waals surface area contributed by atoms with Gasteiger partial charge in [0.2, 0.25) is 0 Å². The van der Waals surface area contributed by atoms with Crippen LogP contribution in [0.4, 0.5) is 0 Å². The van der Waals surface area contributed by atoms with Gasteiger partial charge in [-0.15, -0.1) is 0 Å². The van der Waals surface area contributed by atoms with Crippen molar-refractivity contribution in [3.8, 4) is 0 Å². The van der Waals surface area contributed by atoms with Crippen molar-refractivity contribution in [2.45, 2.75) is 118 Å². The second kappa shape index (κ2) is 12.4. The molecule has 0 saturated carbocycles. The number of carbonyl (C=O) groups excluding carboxylic acids is 1. The van der Waals surface area contributed by atoms with E-state index in [9.17, 15) is 4.79 Å². The zero-order valence-electron chi connectivity index (χ0n) is 22.8. The lowest BCUT2D eigenvalue weighted by Gasteiger charge is -2.37. The van der Waals surface area contributed by atoms with Crippen molar-refractivity contribution in [2.75, 3.05) is 0 Å². The van der Waals surface area contributed by atoms with Crippen molar-refractivity contribution >= 4 is 5.97 Å². The average Bonchev–Trinajstić information content (AvgIpc) is 2.82. The van der Waals surface area contributed by atoms with Crippen molar-refractivity contribution < 1.29 is 19.3 Å². The molecule has 35 heavy (non-hydrogen) atoms. The van der Waals surface area contributed by atoms with Gasteiger partial charge >= 0.3 is 5.97 Å². The summed E-state index contributed by atoms with van der Waals surface area (Å²) < 4.78 is 5.49. The van der Waals surface area contributed by atoms with E-state index < -0.39 is 0 Å². The van der Waals surface area contributed by atoms with Crippen LogP contribution in [-0.2, 0) is 25.9 Å². The van der Waals surface area contributed by atoms with Crippen molar-refractivity contribution in [3.05, 3.63) is 58.7 Å².